The summed E-state index contributed by atoms with van der Waals surface area (Å²) in [7, 11) is 0. The van der Waals surface area contributed by atoms with Crippen LogP contribution in [0.1, 0.15) is 21.5 Å². The van der Waals surface area contributed by atoms with E-state index in [0.717, 1.165) is 25.1 Å². The molecule has 5 aromatic carbocycles. The van der Waals surface area contributed by atoms with E-state index in [0.29, 0.717) is 27.3 Å². The molecule has 1 nitrogen and oxygen atoms in total. The van der Waals surface area contributed by atoms with Gasteiger partial charge in [-0.05, 0) is 96.4 Å². The molecule has 0 atom stereocenters. The molecule has 5 aromatic rings. The first kappa shape index (κ1) is 26.2. The minimum atomic E-state index is -0.367. The molecule has 0 aliphatic carbocycles. The van der Waals surface area contributed by atoms with Gasteiger partial charge in [0, 0.05) is 30.7 Å². The molecule has 0 saturated carbocycles. The fourth-order valence-corrected chi connectivity index (χ4v) is 6.05. The number of aryl methyl sites for hydroxylation is 1. The van der Waals surface area contributed by atoms with Crippen LogP contribution in [-0.2, 0) is 0 Å². The van der Waals surface area contributed by atoms with Crippen molar-refractivity contribution < 1.29 is 13.6 Å². The predicted molar refractivity (Wildman–Crippen MR) is 153 cm³/mol. The zero-order valence-corrected chi connectivity index (χ0v) is 22.6. The van der Waals surface area contributed by atoms with Crippen molar-refractivity contribution in [1.82, 2.24) is 0 Å². The van der Waals surface area contributed by atoms with E-state index in [1.165, 1.54) is 47.8 Å². The van der Waals surface area contributed by atoms with Crippen LogP contribution in [0.5, 0.6) is 0 Å². The Morgan fingerprint density at radius 1 is 0.632 bits per heavy atom. The average Bonchev–Trinajstić information content (AvgIpc) is 2.93. The summed E-state index contributed by atoms with van der Waals surface area (Å²) < 4.78 is 28.1. The Labute approximate surface area is 233 Å². The van der Waals surface area contributed by atoms with Gasteiger partial charge >= 0.3 is 0 Å². The summed E-state index contributed by atoms with van der Waals surface area (Å²) in [6.45, 7) is 1.88. The van der Waals surface area contributed by atoms with E-state index in [9.17, 15) is 13.6 Å². The number of rotatable bonds is 7. The maximum absolute atomic E-state index is 14.1. The Morgan fingerprint density at radius 3 is 1.87 bits per heavy atom. The van der Waals surface area contributed by atoms with Crippen molar-refractivity contribution in [1.29, 1.82) is 0 Å². The van der Waals surface area contributed by atoms with E-state index < -0.39 is 0 Å². The van der Waals surface area contributed by atoms with Gasteiger partial charge in [0.2, 0.25) is 0 Å². The molecule has 0 heterocycles. The second kappa shape index (κ2) is 11.6. The molecular weight excluding hydrogens is 538 g/mol. The normalized spacial score (nSPS) is 10.9. The van der Waals surface area contributed by atoms with Gasteiger partial charge in [-0.15, -0.1) is 0 Å². The average molecular weight is 559 g/mol. The van der Waals surface area contributed by atoms with Gasteiger partial charge in [0.1, 0.15) is 11.6 Å². The summed E-state index contributed by atoms with van der Waals surface area (Å²) in [4.78, 5) is 16.3. The number of hydrogen-bond donors (Lipinski definition) is 0. The third kappa shape index (κ3) is 6.02. The van der Waals surface area contributed by atoms with Gasteiger partial charge in [0.25, 0.3) is 0 Å². The summed E-state index contributed by atoms with van der Waals surface area (Å²) in [5.41, 5.74) is 3.36. The van der Waals surface area contributed by atoms with Gasteiger partial charge in [-0.3, -0.25) is 4.79 Å². The lowest BCUT2D eigenvalue weighted by molar-refractivity contribution is 0.103. The van der Waals surface area contributed by atoms with Crippen LogP contribution >= 0.6 is 35.1 Å². The van der Waals surface area contributed by atoms with E-state index in [4.69, 9.17) is 11.6 Å². The number of benzene rings is 5. The summed E-state index contributed by atoms with van der Waals surface area (Å²) in [5, 5.41) is 0.511. The Bertz CT molecular complexity index is 1620. The van der Waals surface area contributed by atoms with Crippen molar-refractivity contribution in [2.45, 2.75) is 26.5 Å². The summed E-state index contributed by atoms with van der Waals surface area (Å²) in [5.74, 6) is -0.796. The van der Waals surface area contributed by atoms with E-state index in [-0.39, 0.29) is 17.4 Å². The molecule has 0 unspecified atom stereocenters. The number of hydrogen-bond acceptors (Lipinski definition) is 3. The predicted octanol–water partition coefficient (Wildman–Crippen LogP) is 10.1. The monoisotopic (exact) mass is 558 g/mol. The number of halogens is 3. The molecule has 0 fully saturated rings. The zero-order chi connectivity index (χ0) is 26.6. The van der Waals surface area contributed by atoms with Gasteiger partial charge in [-0.25, -0.2) is 8.78 Å². The quantitative estimate of drug-likeness (QED) is 0.185. The molecule has 0 N–H and O–H groups in total. The van der Waals surface area contributed by atoms with Crippen molar-refractivity contribution in [3.63, 3.8) is 0 Å². The molecule has 5 rings (SSSR count). The molecular formula is C32H21ClF2OS2. The maximum atomic E-state index is 14.1. The van der Waals surface area contributed by atoms with E-state index in [2.05, 4.69) is 0 Å². The van der Waals surface area contributed by atoms with Crippen molar-refractivity contribution in [3.05, 3.63) is 143 Å². The Morgan fingerprint density at radius 2 is 1.21 bits per heavy atom. The molecule has 0 aliphatic heterocycles. The SMILES string of the molecule is Cc1ccc(F)cc1-c1cc(F)ccc1Sc1ccc(Sc2ccc(C(=O)c3ccccc3)cc2Cl)cc1. The minimum absolute atomic E-state index is 0.0703. The molecule has 0 aliphatic rings. The third-order valence-corrected chi connectivity index (χ3v) is 8.53. The van der Waals surface area contributed by atoms with E-state index in [1.807, 2.05) is 55.5 Å². The molecule has 188 valence electrons. The molecule has 38 heavy (non-hydrogen) atoms. The first-order valence-electron chi connectivity index (χ1n) is 11.8. The van der Waals surface area contributed by atoms with Crippen molar-refractivity contribution in [3.8, 4) is 11.1 Å². The first-order valence-corrected chi connectivity index (χ1v) is 13.8. The molecule has 0 amide bonds. The molecule has 0 saturated heterocycles. The number of carbonyl (C=O) groups excluding carboxylic acids is 1. The van der Waals surface area contributed by atoms with Gasteiger partial charge in [-0.2, -0.15) is 0 Å². The number of ketones is 1. The van der Waals surface area contributed by atoms with Crippen LogP contribution in [-0.4, -0.2) is 5.78 Å². The fourth-order valence-electron chi connectivity index (χ4n) is 4.00. The van der Waals surface area contributed by atoms with Crippen molar-refractivity contribution in [2.24, 2.45) is 0 Å². The van der Waals surface area contributed by atoms with Crippen LogP contribution < -0.4 is 0 Å². The second-order valence-corrected chi connectivity index (χ2v) is 11.3. The van der Waals surface area contributed by atoms with Gasteiger partial charge < -0.3 is 0 Å². The highest BCUT2D eigenvalue weighted by atomic mass is 35.5. The Kier molecular flexibility index (Phi) is 7.98. The summed E-state index contributed by atoms with van der Waals surface area (Å²) in [6.07, 6.45) is 0. The van der Waals surface area contributed by atoms with Crippen LogP contribution in [0, 0.1) is 18.6 Å². The maximum Gasteiger partial charge on any atom is 0.193 e. The topological polar surface area (TPSA) is 17.1 Å². The second-order valence-electron chi connectivity index (χ2n) is 8.62. The molecule has 0 aromatic heterocycles. The zero-order valence-electron chi connectivity index (χ0n) is 20.3. The van der Waals surface area contributed by atoms with Crippen LogP contribution in [0.2, 0.25) is 5.02 Å². The molecule has 0 spiro atoms. The lowest BCUT2D eigenvalue weighted by atomic mass is 10.0. The number of carbonyl (C=O) groups is 1. The molecule has 0 radical (unpaired) electrons. The summed E-state index contributed by atoms with van der Waals surface area (Å²) in [6, 6.07) is 31.5. The highest BCUT2D eigenvalue weighted by molar-refractivity contribution is 8.00. The third-order valence-electron chi connectivity index (χ3n) is 5.94. The highest BCUT2D eigenvalue weighted by Gasteiger charge is 2.14. The van der Waals surface area contributed by atoms with Crippen LogP contribution in [0.25, 0.3) is 11.1 Å². The standard InChI is InChI=1S/C32H21ClF2OS2/c1-20-7-9-23(34)18-27(20)28-19-24(35)10-16-30(28)37-25-11-13-26(14-12-25)38-31-15-8-22(17-29(31)33)32(36)21-5-3-2-4-6-21/h2-19H,1H3. The fraction of sp³-hybridized carbons (Fsp3) is 0.0312. The molecule has 6 heteroatoms. The van der Waals surface area contributed by atoms with Gasteiger partial charge in [0.05, 0.1) is 5.02 Å². The Balaban J connectivity index is 1.33. The Hall–Kier alpha value is -3.38. The lowest BCUT2D eigenvalue weighted by Crippen LogP contribution is -2.00. The highest BCUT2D eigenvalue weighted by Crippen LogP contribution is 2.40. The largest absolute Gasteiger partial charge is 0.289 e. The van der Waals surface area contributed by atoms with Crippen LogP contribution in [0.15, 0.2) is 129 Å². The smallest absolute Gasteiger partial charge is 0.193 e. The lowest BCUT2D eigenvalue weighted by Gasteiger charge is -2.13. The molecule has 0 bridgehead atoms. The van der Waals surface area contributed by atoms with E-state index in [1.54, 1.807) is 36.4 Å². The van der Waals surface area contributed by atoms with E-state index >= 15 is 0 Å². The van der Waals surface area contributed by atoms with Gasteiger partial charge in [-0.1, -0.05) is 71.5 Å². The first-order chi connectivity index (χ1) is 18.4. The van der Waals surface area contributed by atoms with Crippen LogP contribution in [0.3, 0.4) is 0 Å². The summed E-state index contributed by atoms with van der Waals surface area (Å²) >= 11 is 9.53. The van der Waals surface area contributed by atoms with Crippen molar-refractivity contribution in [2.75, 3.05) is 0 Å². The minimum Gasteiger partial charge on any atom is -0.289 e. The van der Waals surface area contributed by atoms with Crippen LogP contribution in [0.4, 0.5) is 8.78 Å². The van der Waals surface area contributed by atoms with Gasteiger partial charge in [0.15, 0.2) is 5.78 Å². The van der Waals surface area contributed by atoms with Crippen molar-refractivity contribution >= 4 is 40.9 Å².